The van der Waals surface area contributed by atoms with Crippen LogP contribution >= 0.6 is 0 Å². The number of fused-ring (bicyclic) bond motifs is 6. The van der Waals surface area contributed by atoms with Gasteiger partial charge in [-0.25, -0.2) is 9.97 Å². The van der Waals surface area contributed by atoms with Gasteiger partial charge in [-0.05, 0) is 67.5 Å². The average Bonchev–Trinajstić information content (AvgIpc) is 3.11. The SMILES string of the molecule is Cc1cc2nc3c(nc2cc1C)C1(C(=O)NNC(=O)COc2ccccc2)CCC3(C)C1(C)C. The van der Waals surface area contributed by atoms with Gasteiger partial charge in [0.2, 0.25) is 0 Å². The molecule has 0 aliphatic heterocycles. The number of rotatable bonds is 4. The molecule has 2 aliphatic rings. The fourth-order valence-corrected chi connectivity index (χ4v) is 5.80. The van der Waals surface area contributed by atoms with Gasteiger partial charge >= 0.3 is 0 Å². The van der Waals surface area contributed by atoms with Gasteiger partial charge in [-0.2, -0.15) is 0 Å². The fourth-order valence-electron chi connectivity index (χ4n) is 5.80. The van der Waals surface area contributed by atoms with Crippen LogP contribution in [0.3, 0.4) is 0 Å². The van der Waals surface area contributed by atoms with Gasteiger partial charge in [-0.15, -0.1) is 0 Å². The van der Waals surface area contributed by atoms with Crippen molar-refractivity contribution in [3.05, 3.63) is 65.0 Å². The molecule has 2 aromatic carbocycles. The van der Waals surface area contributed by atoms with E-state index in [9.17, 15) is 9.59 Å². The molecule has 7 heteroatoms. The van der Waals surface area contributed by atoms with Gasteiger partial charge in [0, 0.05) is 5.41 Å². The van der Waals surface area contributed by atoms with Gasteiger partial charge in [0.25, 0.3) is 11.8 Å². The number of carbonyl (C=O) groups is 2. The predicted molar refractivity (Wildman–Crippen MR) is 129 cm³/mol. The highest BCUT2D eigenvalue weighted by atomic mass is 16.5. The van der Waals surface area contributed by atoms with E-state index in [1.807, 2.05) is 24.3 Å². The highest BCUT2D eigenvalue weighted by molar-refractivity contribution is 5.94. The van der Waals surface area contributed by atoms with Crippen molar-refractivity contribution in [3.63, 3.8) is 0 Å². The number of hydrazine groups is 1. The summed E-state index contributed by atoms with van der Waals surface area (Å²) in [5, 5.41) is 0. The molecular formula is C27H30N4O3. The van der Waals surface area contributed by atoms with E-state index in [0.29, 0.717) is 12.2 Å². The summed E-state index contributed by atoms with van der Waals surface area (Å²) in [6.07, 6.45) is 1.48. The first kappa shape index (κ1) is 22.3. The lowest BCUT2D eigenvalue weighted by Gasteiger charge is -2.39. The monoisotopic (exact) mass is 458 g/mol. The second kappa shape index (κ2) is 7.52. The van der Waals surface area contributed by atoms with Crippen LogP contribution < -0.4 is 15.6 Å². The highest BCUT2D eigenvalue weighted by Crippen LogP contribution is 2.70. The van der Waals surface area contributed by atoms with Crippen LogP contribution in [0.5, 0.6) is 5.75 Å². The van der Waals surface area contributed by atoms with E-state index in [4.69, 9.17) is 14.7 Å². The number of para-hydroxylation sites is 1. The maximum absolute atomic E-state index is 13.7. The third kappa shape index (κ3) is 2.95. The van der Waals surface area contributed by atoms with E-state index in [0.717, 1.165) is 34.4 Å². The van der Waals surface area contributed by atoms with Gasteiger partial charge in [-0.3, -0.25) is 20.4 Å². The van der Waals surface area contributed by atoms with Crippen LogP contribution in [-0.4, -0.2) is 28.4 Å². The molecule has 3 aromatic rings. The minimum atomic E-state index is -0.884. The van der Waals surface area contributed by atoms with E-state index in [-0.39, 0.29) is 17.9 Å². The number of amides is 2. The molecule has 2 amide bonds. The quantitative estimate of drug-likeness (QED) is 0.580. The third-order valence-corrected chi connectivity index (χ3v) is 8.47. The lowest BCUT2D eigenvalue weighted by Crippen LogP contribution is -2.56. The number of aryl methyl sites for hydroxylation is 2. The number of aromatic nitrogens is 2. The van der Waals surface area contributed by atoms with Crippen LogP contribution in [0.1, 0.15) is 56.1 Å². The Morgan fingerprint density at radius 2 is 1.53 bits per heavy atom. The molecular weight excluding hydrogens is 428 g/mol. The van der Waals surface area contributed by atoms with Crippen molar-refractivity contribution in [1.29, 1.82) is 0 Å². The Morgan fingerprint density at radius 3 is 2.18 bits per heavy atom. The van der Waals surface area contributed by atoms with Crippen LogP contribution in [0.25, 0.3) is 11.0 Å². The first-order valence-corrected chi connectivity index (χ1v) is 11.7. The summed E-state index contributed by atoms with van der Waals surface area (Å²) >= 11 is 0. The van der Waals surface area contributed by atoms with Crippen molar-refractivity contribution in [2.75, 3.05) is 6.61 Å². The summed E-state index contributed by atoms with van der Waals surface area (Å²) < 4.78 is 5.48. The largest absolute Gasteiger partial charge is 0.484 e. The maximum Gasteiger partial charge on any atom is 0.276 e. The topological polar surface area (TPSA) is 93.2 Å². The van der Waals surface area contributed by atoms with Crippen molar-refractivity contribution in [1.82, 2.24) is 20.8 Å². The van der Waals surface area contributed by atoms with E-state index in [1.165, 1.54) is 5.56 Å². The molecule has 2 bridgehead atoms. The Labute approximate surface area is 199 Å². The molecule has 34 heavy (non-hydrogen) atoms. The maximum atomic E-state index is 13.7. The first-order chi connectivity index (χ1) is 16.1. The highest BCUT2D eigenvalue weighted by Gasteiger charge is 2.73. The van der Waals surface area contributed by atoms with Crippen molar-refractivity contribution in [2.24, 2.45) is 5.41 Å². The molecule has 2 unspecified atom stereocenters. The summed E-state index contributed by atoms with van der Waals surface area (Å²) in [5.41, 5.74) is 9.18. The zero-order chi connectivity index (χ0) is 24.3. The number of benzene rings is 2. The van der Waals surface area contributed by atoms with Crippen molar-refractivity contribution >= 4 is 22.8 Å². The first-order valence-electron chi connectivity index (χ1n) is 11.7. The number of nitrogens with zero attached hydrogens (tertiary/aromatic N) is 2. The van der Waals surface area contributed by atoms with E-state index in [2.05, 4.69) is 51.5 Å². The van der Waals surface area contributed by atoms with Crippen LogP contribution in [0.4, 0.5) is 0 Å². The van der Waals surface area contributed by atoms with Crippen molar-refractivity contribution < 1.29 is 14.3 Å². The van der Waals surface area contributed by atoms with E-state index >= 15 is 0 Å². The second-order valence-electron chi connectivity index (χ2n) is 10.3. The Kier molecular flexibility index (Phi) is 4.93. The minimum Gasteiger partial charge on any atom is -0.484 e. The number of carbonyl (C=O) groups excluding carboxylic acids is 2. The lowest BCUT2D eigenvalue weighted by atomic mass is 9.63. The zero-order valence-electron chi connectivity index (χ0n) is 20.3. The van der Waals surface area contributed by atoms with Crippen molar-refractivity contribution in [3.8, 4) is 5.75 Å². The van der Waals surface area contributed by atoms with Gasteiger partial charge < -0.3 is 4.74 Å². The molecule has 1 saturated carbocycles. The summed E-state index contributed by atoms with van der Waals surface area (Å²) in [6, 6.07) is 13.2. The summed E-state index contributed by atoms with van der Waals surface area (Å²) in [6.45, 7) is 10.3. The Bertz CT molecular complexity index is 1320. The molecule has 1 aromatic heterocycles. The van der Waals surface area contributed by atoms with Crippen LogP contribution in [0, 0.1) is 19.3 Å². The minimum absolute atomic E-state index is 0.196. The van der Waals surface area contributed by atoms with E-state index < -0.39 is 16.7 Å². The predicted octanol–water partition coefficient (Wildman–Crippen LogP) is 3.80. The molecule has 1 fully saturated rings. The van der Waals surface area contributed by atoms with Crippen LogP contribution in [0.15, 0.2) is 42.5 Å². The summed E-state index contributed by atoms with van der Waals surface area (Å²) in [7, 11) is 0. The Morgan fingerprint density at radius 1 is 0.912 bits per heavy atom. The second-order valence-corrected chi connectivity index (χ2v) is 10.3. The average molecular weight is 459 g/mol. The van der Waals surface area contributed by atoms with Crippen LogP contribution in [0.2, 0.25) is 0 Å². The molecule has 2 atom stereocenters. The molecule has 0 saturated heterocycles. The molecule has 176 valence electrons. The number of hydrogen-bond acceptors (Lipinski definition) is 5. The molecule has 7 nitrogen and oxygen atoms in total. The Hall–Kier alpha value is -3.48. The van der Waals surface area contributed by atoms with Gasteiger partial charge in [0.1, 0.15) is 11.2 Å². The lowest BCUT2D eigenvalue weighted by molar-refractivity contribution is -0.135. The van der Waals surface area contributed by atoms with Gasteiger partial charge in [-0.1, -0.05) is 39.0 Å². The van der Waals surface area contributed by atoms with Crippen molar-refractivity contribution in [2.45, 2.75) is 58.3 Å². The van der Waals surface area contributed by atoms with Gasteiger partial charge in [0.05, 0.1) is 22.4 Å². The normalized spacial score (nSPS) is 24.0. The fraction of sp³-hybridized carbons (Fsp3) is 0.407. The number of nitrogens with one attached hydrogen (secondary N) is 2. The standard InChI is InChI=1S/C27H30N4O3/c1-16-13-19-20(14-17(16)2)29-23-22(28-19)26(5)11-12-27(23,25(26,3)4)24(33)31-30-21(32)15-34-18-9-7-6-8-10-18/h6-10,13-14H,11-12,15H2,1-5H3,(H,30,32)(H,31,33). The number of hydrogen-bond donors (Lipinski definition) is 2. The third-order valence-electron chi connectivity index (χ3n) is 8.47. The molecule has 0 radical (unpaired) electrons. The molecule has 0 spiro atoms. The summed E-state index contributed by atoms with van der Waals surface area (Å²) in [5.74, 6) is -0.0979. The van der Waals surface area contributed by atoms with E-state index in [1.54, 1.807) is 12.1 Å². The van der Waals surface area contributed by atoms with Gasteiger partial charge in [0.15, 0.2) is 6.61 Å². The molecule has 2 aliphatic carbocycles. The summed E-state index contributed by atoms with van der Waals surface area (Å²) in [4.78, 5) is 36.2. The molecule has 1 heterocycles. The molecule has 5 rings (SSSR count). The molecule has 2 N–H and O–H groups in total. The van der Waals surface area contributed by atoms with Crippen LogP contribution in [-0.2, 0) is 20.4 Å². The Balaban J connectivity index is 1.44. The smallest absolute Gasteiger partial charge is 0.276 e. The number of ether oxygens (including phenoxy) is 1. The zero-order valence-corrected chi connectivity index (χ0v) is 20.3.